The molecule has 0 fully saturated rings. The number of imidazole rings is 1. The van der Waals surface area contributed by atoms with E-state index in [1.54, 1.807) is 0 Å². The first-order chi connectivity index (χ1) is 24.6. The standard InChI is InChI=1S/C46H56N5/c1-10-45(9)38-22-14-12-19-37(38)43-48(41-33(30(3)4)20-16-21-34(41)31(5)6)28-29-49(43)46(45,11-2)26-25-36-35-18-13-15-23-39(35)51-42-40(24-17-27-47-42)50(32(7)8)44(36)51/h12-24,27-32,36,44H,10-11,25-26H2,1-9H3/q+1. The van der Waals surface area contributed by atoms with Crippen LogP contribution in [-0.2, 0) is 11.0 Å². The normalized spacial score (nSPS) is 23.1. The maximum absolute atomic E-state index is 4.99. The van der Waals surface area contributed by atoms with E-state index in [4.69, 9.17) is 4.98 Å². The van der Waals surface area contributed by atoms with Crippen LogP contribution in [0.3, 0.4) is 0 Å². The van der Waals surface area contributed by atoms with Gasteiger partial charge in [0.2, 0.25) is 0 Å². The molecule has 3 aliphatic heterocycles. The van der Waals surface area contributed by atoms with Crippen molar-refractivity contribution in [3.05, 3.63) is 120 Å². The van der Waals surface area contributed by atoms with E-state index < -0.39 is 0 Å². The van der Waals surface area contributed by atoms with Crippen LogP contribution in [0.25, 0.3) is 17.1 Å². The summed E-state index contributed by atoms with van der Waals surface area (Å²) in [7, 11) is 0. The molecule has 3 aromatic carbocycles. The first-order valence-corrected chi connectivity index (χ1v) is 19.6. The van der Waals surface area contributed by atoms with Crippen LogP contribution in [0.2, 0.25) is 0 Å². The van der Waals surface area contributed by atoms with Crippen LogP contribution in [0.1, 0.15) is 128 Å². The van der Waals surface area contributed by atoms with Gasteiger partial charge in [0.25, 0.3) is 5.82 Å². The van der Waals surface area contributed by atoms with E-state index in [-0.39, 0.29) is 17.1 Å². The maximum atomic E-state index is 4.99. The molecule has 0 saturated carbocycles. The van der Waals surface area contributed by atoms with E-state index >= 15 is 0 Å². The average molecular weight is 679 g/mol. The summed E-state index contributed by atoms with van der Waals surface area (Å²) in [5.41, 5.74) is 10.9. The van der Waals surface area contributed by atoms with Crippen molar-refractivity contribution in [2.24, 2.45) is 0 Å². The third-order valence-electron chi connectivity index (χ3n) is 13.2. The van der Waals surface area contributed by atoms with Gasteiger partial charge in [-0.1, -0.05) is 103 Å². The predicted octanol–water partition coefficient (Wildman–Crippen LogP) is 11.1. The topological polar surface area (TPSA) is 28.2 Å². The van der Waals surface area contributed by atoms with Crippen molar-refractivity contribution < 1.29 is 4.57 Å². The van der Waals surface area contributed by atoms with E-state index in [0.717, 1.165) is 31.5 Å². The van der Waals surface area contributed by atoms with Crippen molar-refractivity contribution in [1.29, 1.82) is 0 Å². The van der Waals surface area contributed by atoms with Gasteiger partial charge in [-0.25, -0.2) is 9.55 Å². The minimum Gasteiger partial charge on any atom is -0.345 e. The van der Waals surface area contributed by atoms with Crippen LogP contribution in [0, 0.1) is 0 Å². The van der Waals surface area contributed by atoms with Crippen molar-refractivity contribution >= 4 is 17.2 Å². The van der Waals surface area contributed by atoms with Crippen LogP contribution in [-0.4, -0.2) is 21.8 Å². The van der Waals surface area contributed by atoms with E-state index in [1.807, 2.05) is 6.20 Å². The SMILES string of the molecule is CCC1(C)c2ccccc2-c2n(-c3c(C(C)C)cccc3C(C)C)cc[n+]2C1(CC)CCC1c2ccccc2N2c3ncccc3N(C(C)C)C12. The number of hydrogen-bond donors (Lipinski definition) is 0. The summed E-state index contributed by atoms with van der Waals surface area (Å²) in [6.07, 6.45) is 11.3. The van der Waals surface area contributed by atoms with Crippen molar-refractivity contribution in [1.82, 2.24) is 9.55 Å². The van der Waals surface area contributed by atoms with Gasteiger partial charge in [0.15, 0.2) is 5.82 Å². The number of fused-ring (bicyclic) bond motifs is 8. The minimum atomic E-state index is -0.129. The molecule has 264 valence electrons. The Bertz CT molecular complexity index is 2060. The van der Waals surface area contributed by atoms with E-state index in [9.17, 15) is 0 Å². The molecule has 4 atom stereocenters. The van der Waals surface area contributed by atoms with Gasteiger partial charge in [-0.15, -0.1) is 0 Å². The molecule has 0 bridgehead atoms. The van der Waals surface area contributed by atoms with Crippen molar-refractivity contribution in [2.75, 3.05) is 9.80 Å². The molecule has 5 aromatic rings. The lowest BCUT2D eigenvalue weighted by Gasteiger charge is -2.50. The highest BCUT2D eigenvalue weighted by Gasteiger charge is 2.59. The fourth-order valence-corrected chi connectivity index (χ4v) is 10.6. The third-order valence-corrected chi connectivity index (χ3v) is 13.2. The molecular formula is C46H56N5+. The largest absolute Gasteiger partial charge is 0.345 e. The highest BCUT2D eigenvalue weighted by molar-refractivity contribution is 5.85. The van der Waals surface area contributed by atoms with Crippen molar-refractivity contribution in [3.8, 4) is 17.1 Å². The lowest BCUT2D eigenvalue weighted by Crippen LogP contribution is -2.68. The zero-order valence-electron chi connectivity index (χ0n) is 32.2. The smallest absolute Gasteiger partial charge is 0.294 e. The fourth-order valence-electron chi connectivity index (χ4n) is 10.6. The molecule has 0 radical (unpaired) electrons. The first-order valence-electron chi connectivity index (χ1n) is 19.6. The fraction of sp³-hybridized carbons (Fsp3) is 0.435. The summed E-state index contributed by atoms with van der Waals surface area (Å²) in [6.45, 7) is 21.5. The first kappa shape index (κ1) is 33.7. The molecule has 0 aliphatic carbocycles. The molecule has 3 aliphatic rings. The summed E-state index contributed by atoms with van der Waals surface area (Å²) in [5, 5.41) is 0. The molecule has 4 unspecified atom stereocenters. The van der Waals surface area contributed by atoms with Crippen LogP contribution in [0.15, 0.2) is 97.5 Å². The lowest BCUT2D eigenvalue weighted by molar-refractivity contribution is -0.769. The molecular weight excluding hydrogens is 623 g/mol. The Morgan fingerprint density at radius 3 is 2.16 bits per heavy atom. The Morgan fingerprint density at radius 2 is 1.47 bits per heavy atom. The van der Waals surface area contributed by atoms with Crippen molar-refractivity contribution in [2.45, 2.75) is 129 Å². The number of nitrogens with zero attached hydrogens (tertiary/aromatic N) is 5. The number of benzene rings is 3. The summed E-state index contributed by atoms with van der Waals surface area (Å²) in [6, 6.07) is 30.1. The molecule has 5 nitrogen and oxygen atoms in total. The number of anilines is 3. The van der Waals surface area contributed by atoms with Crippen molar-refractivity contribution in [3.63, 3.8) is 0 Å². The second-order valence-electron chi connectivity index (χ2n) is 16.4. The second-order valence-corrected chi connectivity index (χ2v) is 16.4. The summed E-state index contributed by atoms with van der Waals surface area (Å²) in [4.78, 5) is 10.2. The summed E-state index contributed by atoms with van der Waals surface area (Å²) >= 11 is 0. The molecule has 0 saturated heterocycles. The summed E-state index contributed by atoms with van der Waals surface area (Å²) in [5.74, 6) is 3.59. The monoisotopic (exact) mass is 678 g/mol. The lowest BCUT2D eigenvalue weighted by atomic mass is 9.58. The summed E-state index contributed by atoms with van der Waals surface area (Å²) < 4.78 is 5.30. The Hall–Kier alpha value is -4.38. The molecule has 5 heteroatoms. The minimum absolute atomic E-state index is 0.0592. The number of pyridine rings is 1. The number of rotatable bonds is 9. The number of para-hydroxylation sites is 2. The molecule has 51 heavy (non-hydrogen) atoms. The Kier molecular flexibility index (Phi) is 8.20. The van der Waals surface area contributed by atoms with Gasteiger partial charge in [0, 0.05) is 40.4 Å². The Labute approximate surface area is 306 Å². The van der Waals surface area contributed by atoms with E-state index in [0.29, 0.717) is 23.8 Å². The molecule has 0 spiro atoms. The highest BCUT2D eigenvalue weighted by Crippen LogP contribution is 2.58. The van der Waals surface area contributed by atoms with E-state index in [1.165, 1.54) is 50.7 Å². The van der Waals surface area contributed by atoms with Crippen LogP contribution >= 0.6 is 0 Å². The van der Waals surface area contributed by atoms with Crippen LogP contribution < -0.4 is 14.4 Å². The van der Waals surface area contributed by atoms with E-state index in [2.05, 4.69) is 173 Å². The Balaban J connectivity index is 1.31. The van der Waals surface area contributed by atoms with Gasteiger partial charge in [-0.05, 0) is 86.8 Å². The highest BCUT2D eigenvalue weighted by atomic mass is 15.5. The molecule has 0 N–H and O–H groups in total. The zero-order valence-corrected chi connectivity index (χ0v) is 32.2. The number of hydrogen-bond acceptors (Lipinski definition) is 3. The Morgan fingerprint density at radius 1 is 0.784 bits per heavy atom. The van der Waals surface area contributed by atoms with Crippen LogP contribution in [0.4, 0.5) is 17.2 Å². The van der Waals surface area contributed by atoms with Gasteiger partial charge < -0.3 is 9.80 Å². The predicted molar refractivity (Wildman–Crippen MR) is 212 cm³/mol. The van der Waals surface area contributed by atoms with Gasteiger partial charge in [-0.2, -0.15) is 4.57 Å². The maximum Gasteiger partial charge on any atom is 0.294 e. The number of aromatic nitrogens is 3. The second kappa shape index (κ2) is 12.4. The molecule has 0 amide bonds. The van der Waals surface area contributed by atoms with Gasteiger partial charge in [0.05, 0.1) is 11.3 Å². The zero-order chi connectivity index (χ0) is 35.8. The molecule has 5 heterocycles. The average Bonchev–Trinajstić information content (AvgIpc) is 3.82. The third kappa shape index (κ3) is 4.65. The molecule has 8 rings (SSSR count). The van der Waals surface area contributed by atoms with Gasteiger partial charge >= 0.3 is 0 Å². The van der Waals surface area contributed by atoms with Gasteiger partial charge in [0.1, 0.15) is 29.8 Å². The van der Waals surface area contributed by atoms with Gasteiger partial charge in [-0.3, -0.25) is 0 Å². The molecule has 2 aromatic heterocycles. The quantitative estimate of drug-likeness (QED) is 0.145. The van der Waals surface area contributed by atoms with Crippen LogP contribution in [0.5, 0.6) is 0 Å².